The molecule has 26 nitrogen and oxygen atoms in total. The van der Waals surface area contributed by atoms with Crippen molar-refractivity contribution in [2.75, 3.05) is 112 Å². The van der Waals surface area contributed by atoms with E-state index in [0.717, 1.165) is 61.5 Å². The molecule has 4 amide bonds. The van der Waals surface area contributed by atoms with Crippen molar-refractivity contribution in [1.82, 2.24) is 41.2 Å². The van der Waals surface area contributed by atoms with Crippen LogP contribution in [0.4, 0.5) is 20.2 Å². The van der Waals surface area contributed by atoms with Crippen LogP contribution >= 0.6 is 25.3 Å². The number of aliphatic hydroxyl groups excluding tert-OH is 6. The quantitative estimate of drug-likeness (QED) is 0.00481. The molecule has 6 saturated carbocycles. The van der Waals surface area contributed by atoms with E-state index in [4.69, 9.17) is 42.7 Å². The van der Waals surface area contributed by atoms with E-state index < -0.39 is 71.5 Å². The molecule has 0 aromatic heterocycles. The fourth-order valence-electron chi connectivity index (χ4n) is 19.2. The number of nitrogens with two attached hydrogens (primary N) is 1. The number of nitrogens with zero attached hydrogens (tertiary/aromatic N) is 9. The van der Waals surface area contributed by atoms with E-state index >= 15 is 8.78 Å². The number of rotatable bonds is 31. The summed E-state index contributed by atoms with van der Waals surface area (Å²) in [5.41, 5.74) is 23.1. The van der Waals surface area contributed by atoms with Gasteiger partial charge in [-0.1, -0.05) is 119 Å². The van der Waals surface area contributed by atoms with Crippen LogP contribution in [0.25, 0.3) is 32.7 Å². The molecule has 125 heavy (non-hydrogen) atoms. The summed E-state index contributed by atoms with van der Waals surface area (Å²) in [5, 5.41) is 72.7. The van der Waals surface area contributed by atoms with Gasteiger partial charge in [0.15, 0.2) is 0 Å². The van der Waals surface area contributed by atoms with Crippen molar-refractivity contribution in [2.24, 2.45) is 69.0 Å². The van der Waals surface area contributed by atoms with Crippen molar-refractivity contribution >= 4 is 68.6 Å². The van der Waals surface area contributed by atoms with E-state index in [1.165, 1.54) is 28.7 Å². The Morgan fingerprint density at radius 1 is 0.600 bits per heavy atom. The summed E-state index contributed by atoms with van der Waals surface area (Å²) >= 11 is 7.23. The third-order valence-corrected chi connectivity index (χ3v) is 26.9. The summed E-state index contributed by atoms with van der Waals surface area (Å²) in [6, 6.07) is 39.0. The molecule has 2 aliphatic heterocycles. The Hall–Kier alpha value is -6.73. The number of anilines is 2. The van der Waals surface area contributed by atoms with Gasteiger partial charge in [0, 0.05) is 182 Å². The number of carbonyl (C=O) groups excluding carboxylic acids is 4. The van der Waals surface area contributed by atoms with Crippen molar-refractivity contribution in [3.8, 4) is 22.3 Å². The van der Waals surface area contributed by atoms with Crippen molar-refractivity contribution in [1.29, 1.82) is 1.34 Å². The molecule has 8 fully saturated rings. The first-order valence-corrected chi connectivity index (χ1v) is 43.8. The Bertz CT molecular complexity index is 4500. The van der Waals surface area contributed by atoms with Gasteiger partial charge >= 0.3 is 0 Å². The molecule has 0 spiro atoms. The van der Waals surface area contributed by atoms with E-state index in [1.54, 1.807) is 38.1 Å². The van der Waals surface area contributed by atoms with Crippen LogP contribution in [-0.2, 0) is 45.2 Å². The number of carbonyl (C=O) groups is 4. The number of benzene rings is 6. The average molecular weight is 2000 g/mol. The topological polar surface area (TPSA) is 350 Å². The zero-order chi connectivity index (χ0) is 92.8. The van der Waals surface area contributed by atoms with Crippen LogP contribution in [0.5, 0.6) is 0 Å². The molecule has 12 N–H and O–H groups in total. The number of hydrogen-bond donors (Lipinski definition) is 13. The van der Waals surface area contributed by atoms with Crippen LogP contribution in [0.2, 0.25) is 0 Å². The van der Waals surface area contributed by atoms with Crippen LogP contribution in [0.3, 0.4) is 0 Å². The number of hydroxylamine groups is 4. The Labute approximate surface area is 776 Å². The summed E-state index contributed by atoms with van der Waals surface area (Å²) < 4.78 is 36.8. The van der Waals surface area contributed by atoms with Crippen molar-refractivity contribution in [2.45, 2.75) is 179 Å². The minimum Gasteiger partial charge on any atom is -0.400 e. The molecule has 8 aliphatic rings. The molecule has 4 bridgehead atoms. The molecule has 684 valence electrons. The molecule has 6 aromatic carbocycles. The van der Waals surface area contributed by atoms with E-state index in [-0.39, 0.29) is 133 Å². The molecule has 6 aromatic rings. The fourth-order valence-corrected chi connectivity index (χ4v) is 19.7. The summed E-state index contributed by atoms with van der Waals surface area (Å²) in [4.78, 5) is 79.8. The van der Waals surface area contributed by atoms with Crippen LogP contribution in [0.1, 0.15) is 124 Å². The first-order chi connectivity index (χ1) is 59.3. The number of nitrogens with one attached hydrogen (secondary N) is 4. The molecule has 6 aliphatic carbocycles. The minimum absolute atomic E-state index is 0. The van der Waals surface area contributed by atoms with Crippen LogP contribution < -0.4 is 36.8 Å². The van der Waals surface area contributed by atoms with E-state index in [2.05, 4.69) is 141 Å². The van der Waals surface area contributed by atoms with E-state index in [9.17, 15) is 29.4 Å². The minimum atomic E-state index is -0.986. The van der Waals surface area contributed by atoms with Gasteiger partial charge in [0.2, 0.25) is 11.8 Å². The van der Waals surface area contributed by atoms with Gasteiger partial charge < -0.3 is 77.2 Å². The third kappa shape index (κ3) is 27.2. The van der Waals surface area contributed by atoms with Crippen molar-refractivity contribution < 1.29 is 99.4 Å². The summed E-state index contributed by atoms with van der Waals surface area (Å²) in [6.45, 7) is 18.1. The second-order valence-electron chi connectivity index (χ2n) is 36.1. The van der Waals surface area contributed by atoms with Gasteiger partial charge in [0.25, 0.3) is 11.8 Å². The first kappa shape index (κ1) is 105. The monoisotopic (exact) mass is 1990 g/mol. The van der Waals surface area contributed by atoms with Crippen LogP contribution in [0, 0.1) is 101 Å². The van der Waals surface area contributed by atoms with Gasteiger partial charge in [-0.05, 0) is 228 Å². The maximum Gasteiger partial charge on any atom is 0.251 e. The van der Waals surface area contributed by atoms with E-state index in [1.807, 2.05) is 139 Å². The predicted molar refractivity (Wildman–Crippen MR) is 495 cm³/mol. The van der Waals surface area contributed by atoms with Crippen LogP contribution in [-0.4, -0.2) is 259 Å². The number of aliphatic hydroxyl groups is 6. The predicted octanol–water partition coefficient (Wildman–Crippen LogP) is 9.62. The van der Waals surface area contributed by atoms with Crippen molar-refractivity contribution in [3.63, 3.8) is 0 Å². The molecule has 14 rings (SSSR count). The number of azide groups is 1. The van der Waals surface area contributed by atoms with Gasteiger partial charge in [0.1, 0.15) is 29.2 Å². The van der Waals surface area contributed by atoms with Gasteiger partial charge in [-0.2, -0.15) is 22.8 Å². The molecule has 32 heteroatoms. The molecule has 2 saturated heterocycles. The first-order valence-electron chi connectivity index (χ1n) is 43.2. The second-order valence-corrected chi connectivity index (χ2v) is 37.0. The summed E-state index contributed by atoms with van der Waals surface area (Å²) in [7, 11) is 21.3. The largest absolute Gasteiger partial charge is 0.400 e. The number of halogens is 2. The fraction of sp³-hybridized carbons (Fsp3) is 0.570. The average Bonchev–Trinajstić information content (AvgIpc) is 0.897. The Morgan fingerprint density at radius 2 is 0.976 bits per heavy atom. The molecular weight excluding hydrogens is 1860 g/mol. The number of hydrogen-bond acceptors (Lipinski definition) is 22. The Morgan fingerprint density at radius 3 is 1.29 bits per heavy atom. The Kier molecular flexibility index (Phi) is 41.1. The maximum atomic E-state index is 15.8. The van der Waals surface area contributed by atoms with Crippen LogP contribution in [0.15, 0.2) is 139 Å². The smallest absolute Gasteiger partial charge is 0.251 e. The zero-order valence-corrected chi connectivity index (χ0v) is 81.9. The maximum absolute atomic E-state index is 15.8. The number of fused-ring (bicyclic) bond motifs is 4. The SMILES string of the molecule is CO.CO.C[C@@H]1[C@@H](NC(=O)[C@@H]2[C@H]([C@H](C)O)[C@H](CN)ON2Cc2cc(-c3cc(C(=O)N[C@@H](Cc4ccccc4)CN(C)C)cc(N(C)C)c3)ccc2F)C[C@H]2C[C@@H]1C2(C)C.C[C@@H]1[C@@H](NC(=O)[C@@H]2[C@H]([C@H](C)O)[C@H](CN=[N+]=[N-])ON2Cc2cc(-c3cc(C(=O)N[C@@H](Cc4ccccc4)CN(C)C)cc(N(C)C)c3)ccc2F)C[C@H]2C[C@@H]1C2(C)C.OC(S)C(O)CS.[2H][B].[U]. The molecule has 20 atom stereocenters. The number of likely N-dealkylation sites (N-methyl/N-ethyl adjacent to an activating group) is 2. The number of amides is 4. The van der Waals surface area contributed by atoms with Gasteiger partial charge in [-0.25, -0.2) is 8.78 Å². The molecule has 2 unspecified atom stereocenters. The Balaban J connectivity index is 0.000000340. The number of thiol groups is 2. The van der Waals surface area contributed by atoms with Gasteiger partial charge in [-0.3, -0.25) is 28.9 Å². The molecule has 2 radical (unpaired) electrons. The third-order valence-electron chi connectivity index (χ3n) is 26.1. The zero-order valence-electron chi connectivity index (χ0n) is 76.9. The van der Waals surface area contributed by atoms with Gasteiger partial charge in [0.05, 0.1) is 50.2 Å². The second kappa shape index (κ2) is 48.8. The van der Waals surface area contributed by atoms with Crippen molar-refractivity contribution in [3.05, 3.63) is 189 Å². The normalized spacial score (nSPS) is 25.0. The standard InChI is InChI=1S/C44H59FN8O4.C44H61FN6O4.C3H8O2S2.2CH4O.BH.U/c1-26-36-21-33(44(36,3)4)22-38(26)49-43(56)41-40(27(2)54)39(23-47-50-46)57-53(41)24-32-17-29(14-15-37(32)45)30-18-31(20-35(19-30)52(7)8)42(55)48-34(25-51(5)6)16-28-12-10-9-11-13-28;1-26-36-21-33(44(36,3)4)22-38(26)48-43(54)41-40(27(2)52)39(23-46)55-51(41)24-32-17-29(14-15-37(32)45)30-18-31(20-35(19-30)50(7)8)42(53)47-34(25-49(5)6)16-28-12-10-9-11-13-28;4-2(1-6)3(5)7;2*1-2;;/h9-15,17-20,26-27,33-34,36,38-41,54H,16,21-25H2,1-8H3,(H,48,55)(H,49,56);9-15,17-20,26-27,33-34,36,38-41,52H,16,21-25,46H2,1-8H3,(H,47,53)(H,48,54);2-7H,1H2;2*2H,1H3;1H;/t2*26-,27-,33+,34-,36-,38-,39-,40+,41-;;;;;/m00...../s1/i;;;;;1D;. The molecule has 2 heterocycles. The summed E-state index contributed by atoms with van der Waals surface area (Å²) in [6.07, 6.45) is 1.39. The van der Waals surface area contributed by atoms with E-state index in [0.29, 0.717) is 88.9 Å². The van der Waals surface area contributed by atoms with Gasteiger partial charge in [-0.15, -0.1) is 12.6 Å². The molecular formula is C93H137BF2N14O12S2U. The summed E-state index contributed by atoms with van der Waals surface area (Å²) in [5.74, 6) is -0.263.